The molecule has 0 aromatic rings. The van der Waals surface area contributed by atoms with Crippen molar-refractivity contribution in [2.24, 2.45) is 0 Å². The van der Waals surface area contributed by atoms with Crippen LogP contribution in [0.15, 0.2) is 0 Å². The van der Waals surface area contributed by atoms with E-state index in [1.807, 2.05) is 0 Å². The summed E-state index contributed by atoms with van der Waals surface area (Å²) in [4.78, 5) is 68.5. The Morgan fingerprint density at radius 1 is 0.737 bits per heavy atom. The number of ether oxygens (including phenoxy) is 8. The molecule has 0 spiro atoms. The predicted molar refractivity (Wildman–Crippen MR) is 120 cm³/mol. The maximum absolute atomic E-state index is 11.8. The molecule has 0 aromatic carbocycles. The molecule has 0 aliphatic carbocycles. The Hall–Kier alpha value is -3.34. The predicted octanol–water partition coefficient (Wildman–Crippen LogP) is -1.68. The lowest BCUT2D eigenvalue weighted by molar-refractivity contribution is -0.309. The zero-order valence-corrected chi connectivity index (χ0v) is 21.5. The monoisotopic (exact) mass is 551 g/mol. The zero-order valence-electron chi connectivity index (χ0n) is 21.5. The van der Waals surface area contributed by atoms with Gasteiger partial charge in [-0.25, -0.2) is 4.79 Å². The van der Waals surface area contributed by atoms with E-state index in [2.05, 4.69) is 10.1 Å². The van der Waals surface area contributed by atoms with Crippen LogP contribution in [0, 0.1) is 0 Å². The van der Waals surface area contributed by atoms with Crippen molar-refractivity contribution in [2.45, 2.75) is 58.4 Å². The van der Waals surface area contributed by atoms with E-state index in [1.165, 1.54) is 0 Å². The number of carboxylic acid groups (broad SMARTS) is 1. The fourth-order valence-electron chi connectivity index (χ4n) is 3.19. The Morgan fingerprint density at radius 3 is 1.92 bits per heavy atom. The normalized spacial score (nSPS) is 22.6. The van der Waals surface area contributed by atoms with Crippen molar-refractivity contribution < 1.29 is 71.8 Å². The van der Waals surface area contributed by atoms with Crippen molar-refractivity contribution in [3.8, 4) is 0 Å². The molecule has 1 amide bonds. The third-order valence-corrected chi connectivity index (χ3v) is 4.49. The van der Waals surface area contributed by atoms with Crippen LogP contribution in [0.2, 0.25) is 0 Å². The third-order valence-electron chi connectivity index (χ3n) is 4.49. The fourth-order valence-corrected chi connectivity index (χ4v) is 3.19. The minimum absolute atomic E-state index is 0.00173. The largest absolute Gasteiger partial charge is 0.480 e. The minimum atomic E-state index is -1.35. The van der Waals surface area contributed by atoms with Crippen LogP contribution in [0.25, 0.3) is 0 Å². The van der Waals surface area contributed by atoms with Crippen molar-refractivity contribution in [1.82, 2.24) is 5.32 Å². The van der Waals surface area contributed by atoms with Gasteiger partial charge in [0.15, 0.2) is 24.6 Å². The van der Waals surface area contributed by atoms with Crippen LogP contribution in [0.4, 0.5) is 0 Å². The first-order valence-corrected chi connectivity index (χ1v) is 11.5. The van der Waals surface area contributed by atoms with Crippen molar-refractivity contribution >= 4 is 35.8 Å². The van der Waals surface area contributed by atoms with E-state index >= 15 is 0 Å². The summed E-state index contributed by atoms with van der Waals surface area (Å²) in [5.74, 6) is -4.65. The van der Waals surface area contributed by atoms with Gasteiger partial charge in [-0.1, -0.05) is 0 Å². The first-order chi connectivity index (χ1) is 17.9. The fraction of sp³-hybridized carbons (Fsp3) is 0.727. The van der Waals surface area contributed by atoms with Gasteiger partial charge in [-0.15, -0.1) is 0 Å². The first-order valence-electron chi connectivity index (χ1n) is 11.5. The van der Waals surface area contributed by atoms with Gasteiger partial charge < -0.3 is 48.3 Å². The molecule has 1 saturated heterocycles. The molecule has 2 N–H and O–H groups in total. The van der Waals surface area contributed by atoms with Gasteiger partial charge in [0.2, 0.25) is 5.91 Å². The molecule has 216 valence electrons. The van der Waals surface area contributed by atoms with Gasteiger partial charge in [0.1, 0.15) is 25.9 Å². The van der Waals surface area contributed by atoms with E-state index in [9.17, 15) is 28.8 Å². The summed E-state index contributed by atoms with van der Waals surface area (Å²) in [6, 6.07) is 0. The minimum Gasteiger partial charge on any atom is -0.480 e. The molecule has 0 bridgehead atoms. The molecule has 16 heteroatoms. The van der Waals surface area contributed by atoms with Crippen molar-refractivity contribution in [3.63, 3.8) is 0 Å². The zero-order chi connectivity index (χ0) is 28.7. The highest BCUT2D eigenvalue weighted by Gasteiger charge is 2.52. The smallest absolute Gasteiger partial charge is 0.329 e. The number of carboxylic acids is 1. The number of aliphatic carboxylic acids is 1. The van der Waals surface area contributed by atoms with Gasteiger partial charge >= 0.3 is 29.8 Å². The molecule has 1 aliphatic heterocycles. The molecule has 38 heavy (non-hydrogen) atoms. The van der Waals surface area contributed by atoms with E-state index in [4.69, 9.17) is 38.3 Å². The van der Waals surface area contributed by atoms with E-state index in [0.717, 1.165) is 27.7 Å². The molecule has 0 radical (unpaired) electrons. The Morgan fingerprint density at radius 2 is 1.34 bits per heavy atom. The van der Waals surface area contributed by atoms with Gasteiger partial charge in [-0.05, 0) is 0 Å². The second-order valence-corrected chi connectivity index (χ2v) is 7.79. The summed E-state index contributed by atoms with van der Waals surface area (Å²) in [6.45, 7) is 3.15. The van der Waals surface area contributed by atoms with Crippen LogP contribution < -0.4 is 5.32 Å². The molecule has 16 nitrogen and oxygen atoms in total. The lowest BCUT2D eigenvalue weighted by Gasteiger charge is -2.44. The summed E-state index contributed by atoms with van der Waals surface area (Å²) < 4.78 is 42.2. The number of nitrogens with one attached hydrogen (secondary N) is 1. The average Bonchev–Trinajstić information content (AvgIpc) is 2.79. The lowest BCUT2D eigenvalue weighted by Crippen LogP contribution is -2.63. The van der Waals surface area contributed by atoms with Crippen LogP contribution in [0.1, 0.15) is 27.7 Å². The summed E-state index contributed by atoms with van der Waals surface area (Å²) in [6.07, 6.45) is -6.45. The van der Waals surface area contributed by atoms with Gasteiger partial charge in [0.05, 0.1) is 19.8 Å². The second-order valence-electron chi connectivity index (χ2n) is 7.79. The molecule has 3 unspecified atom stereocenters. The SMILES string of the molecule is CC(=O)OCC1O[C@@H](OCCOCCNC(=O)COCC(=O)O)C(OC(C)=O)C(OC(C)=O)[C@@H]1OC(C)=O. The summed E-state index contributed by atoms with van der Waals surface area (Å²) >= 11 is 0. The number of carbonyl (C=O) groups is 6. The highest BCUT2D eigenvalue weighted by molar-refractivity contribution is 5.77. The van der Waals surface area contributed by atoms with E-state index < -0.39 is 79.7 Å². The number of hydrogen-bond donors (Lipinski definition) is 2. The lowest BCUT2D eigenvalue weighted by atomic mass is 9.98. The molecule has 5 atom stereocenters. The number of amides is 1. The maximum atomic E-state index is 11.8. The maximum Gasteiger partial charge on any atom is 0.329 e. The van der Waals surface area contributed by atoms with Crippen molar-refractivity contribution in [3.05, 3.63) is 0 Å². The Kier molecular flexibility index (Phi) is 14.8. The molecule has 0 saturated carbocycles. The van der Waals surface area contributed by atoms with E-state index in [0.29, 0.717) is 0 Å². The van der Waals surface area contributed by atoms with Gasteiger partial charge in [-0.2, -0.15) is 0 Å². The van der Waals surface area contributed by atoms with Crippen LogP contribution in [0.3, 0.4) is 0 Å². The van der Waals surface area contributed by atoms with Crippen molar-refractivity contribution in [2.75, 3.05) is 46.2 Å². The molecular formula is C22H33NO15. The summed E-state index contributed by atoms with van der Waals surface area (Å²) in [5, 5.41) is 10.9. The second kappa shape index (κ2) is 17.2. The number of esters is 4. The van der Waals surface area contributed by atoms with Gasteiger partial charge in [0.25, 0.3) is 0 Å². The molecular weight excluding hydrogens is 518 g/mol. The molecule has 1 heterocycles. The summed E-state index contributed by atoms with van der Waals surface area (Å²) in [7, 11) is 0. The van der Waals surface area contributed by atoms with Gasteiger partial charge in [-0.3, -0.25) is 24.0 Å². The highest BCUT2D eigenvalue weighted by atomic mass is 16.7. The highest BCUT2D eigenvalue weighted by Crippen LogP contribution is 2.29. The first kappa shape index (κ1) is 32.7. The topological polar surface area (TPSA) is 209 Å². The third kappa shape index (κ3) is 13.3. The molecule has 0 aromatic heterocycles. The molecule has 1 rings (SSSR count). The Balaban J connectivity index is 2.76. The van der Waals surface area contributed by atoms with E-state index in [1.54, 1.807) is 0 Å². The number of hydrogen-bond acceptors (Lipinski definition) is 14. The van der Waals surface area contributed by atoms with Gasteiger partial charge in [0, 0.05) is 34.2 Å². The summed E-state index contributed by atoms with van der Waals surface area (Å²) in [5.41, 5.74) is 0. The standard InChI is InChI=1S/C22H33NO15/c1-12(24)34-9-16-19(35-13(2)25)20(36-14(3)26)21(37-15(4)27)22(38-16)33-8-7-31-6-5-23-17(28)10-32-11-18(29)30/h16,19-22H,5-11H2,1-4H3,(H,23,28)(H,29,30)/t16?,19-,20?,21?,22-/m1/s1. The number of carbonyl (C=O) groups excluding carboxylic acids is 5. The van der Waals surface area contributed by atoms with Crippen LogP contribution in [-0.4, -0.2) is 118 Å². The average molecular weight is 551 g/mol. The Bertz CT molecular complexity index is 832. The van der Waals surface area contributed by atoms with Crippen molar-refractivity contribution in [1.29, 1.82) is 0 Å². The Labute approximate surface area is 218 Å². The van der Waals surface area contributed by atoms with Crippen LogP contribution in [-0.2, 0) is 66.7 Å². The molecule has 1 aliphatic rings. The number of rotatable bonds is 16. The van der Waals surface area contributed by atoms with Crippen LogP contribution >= 0.6 is 0 Å². The quantitative estimate of drug-likeness (QED) is 0.125. The molecule has 1 fully saturated rings. The van der Waals surface area contributed by atoms with E-state index in [-0.39, 0.29) is 33.0 Å². The van der Waals surface area contributed by atoms with Crippen LogP contribution in [0.5, 0.6) is 0 Å².